The maximum absolute atomic E-state index is 12.5. The zero-order chi connectivity index (χ0) is 12.6. The molecular weight excluding hydrogens is 267 g/mol. The molecular formula is C12H15ClF3NO. The smallest absolute Gasteiger partial charge is 0.416 e. The summed E-state index contributed by atoms with van der Waals surface area (Å²) in [4.78, 5) is 0. The Labute approximate surface area is 110 Å². The summed E-state index contributed by atoms with van der Waals surface area (Å²) in [5.74, 6) is 0.597. The van der Waals surface area contributed by atoms with Gasteiger partial charge >= 0.3 is 6.18 Å². The minimum atomic E-state index is -4.35. The van der Waals surface area contributed by atoms with Crippen LogP contribution in [-0.2, 0) is 6.18 Å². The second-order valence-corrected chi connectivity index (χ2v) is 4.32. The van der Waals surface area contributed by atoms with Gasteiger partial charge in [-0.05, 0) is 30.9 Å². The maximum atomic E-state index is 12.5. The molecule has 1 aromatic rings. The molecule has 0 unspecified atom stereocenters. The van der Waals surface area contributed by atoms with Gasteiger partial charge in [0, 0.05) is 11.6 Å². The summed E-state index contributed by atoms with van der Waals surface area (Å²) in [7, 11) is 1.36. The van der Waals surface area contributed by atoms with Crippen molar-refractivity contribution in [3.8, 4) is 5.75 Å². The van der Waals surface area contributed by atoms with Crippen LogP contribution >= 0.6 is 12.4 Å². The van der Waals surface area contributed by atoms with Gasteiger partial charge in [0.05, 0.1) is 12.7 Å². The molecule has 1 aliphatic rings. The summed E-state index contributed by atoms with van der Waals surface area (Å²) < 4.78 is 42.6. The molecule has 0 saturated heterocycles. The number of alkyl halides is 3. The molecule has 18 heavy (non-hydrogen) atoms. The van der Waals surface area contributed by atoms with Crippen molar-refractivity contribution in [2.24, 2.45) is 11.7 Å². The van der Waals surface area contributed by atoms with Crippen LogP contribution in [0.2, 0.25) is 0 Å². The molecule has 1 aliphatic carbocycles. The van der Waals surface area contributed by atoms with Crippen LogP contribution in [0.1, 0.15) is 30.0 Å². The van der Waals surface area contributed by atoms with Gasteiger partial charge in [0.15, 0.2) is 0 Å². The lowest BCUT2D eigenvalue weighted by molar-refractivity contribution is -0.137. The van der Waals surface area contributed by atoms with Gasteiger partial charge in [-0.3, -0.25) is 0 Å². The Hall–Kier alpha value is -0.940. The van der Waals surface area contributed by atoms with Crippen LogP contribution < -0.4 is 10.5 Å². The van der Waals surface area contributed by atoms with Crippen LogP contribution in [0.5, 0.6) is 5.75 Å². The van der Waals surface area contributed by atoms with Crippen molar-refractivity contribution < 1.29 is 17.9 Å². The molecule has 0 amide bonds. The number of benzene rings is 1. The van der Waals surface area contributed by atoms with Crippen molar-refractivity contribution >= 4 is 12.4 Å². The van der Waals surface area contributed by atoms with E-state index in [0.29, 0.717) is 11.5 Å². The number of rotatable bonds is 3. The van der Waals surface area contributed by atoms with Gasteiger partial charge in [-0.1, -0.05) is 6.07 Å². The lowest BCUT2D eigenvalue weighted by atomic mass is 10.0. The second kappa shape index (κ2) is 5.36. The third kappa shape index (κ3) is 3.09. The van der Waals surface area contributed by atoms with Gasteiger partial charge in [-0.25, -0.2) is 0 Å². The zero-order valence-corrected chi connectivity index (χ0v) is 10.6. The van der Waals surface area contributed by atoms with E-state index in [2.05, 4.69) is 0 Å². The monoisotopic (exact) mass is 281 g/mol. The highest BCUT2D eigenvalue weighted by molar-refractivity contribution is 5.85. The van der Waals surface area contributed by atoms with Crippen molar-refractivity contribution in [3.63, 3.8) is 0 Å². The predicted octanol–water partition coefficient (Wildman–Crippen LogP) is 3.55. The summed E-state index contributed by atoms with van der Waals surface area (Å²) in [5, 5.41) is 0. The molecule has 102 valence electrons. The van der Waals surface area contributed by atoms with E-state index in [4.69, 9.17) is 10.5 Å². The quantitative estimate of drug-likeness (QED) is 0.920. The topological polar surface area (TPSA) is 35.2 Å². The van der Waals surface area contributed by atoms with Crippen molar-refractivity contribution in [1.82, 2.24) is 0 Å². The van der Waals surface area contributed by atoms with Gasteiger partial charge in [0.2, 0.25) is 0 Å². The number of nitrogens with two attached hydrogens (primary N) is 1. The number of ether oxygens (including phenoxy) is 1. The minimum absolute atomic E-state index is 0. The van der Waals surface area contributed by atoms with Crippen LogP contribution in [0.3, 0.4) is 0 Å². The predicted molar refractivity (Wildman–Crippen MR) is 64.9 cm³/mol. The molecule has 2 N–H and O–H groups in total. The van der Waals surface area contributed by atoms with Crippen LogP contribution in [0, 0.1) is 5.92 Å². The average molecular weight is 282 g/mol. The molecule has 1 atom stereocenters. The van der Waals surface area contributed by atoms with Gasteiger partial charge in [-0.15, -0.1) is 12.4 Å². The fourth-order valence-corrected chi connectivity index (χ4v) is 1.87. The highest BCUT2D eigenvalue weighted by Gasteiger charge is 2.34. The third-order valence-electron chi connectivity index (χ3n) is 3.05. The Morgan fingerprint density at radius 2 is 1.94 bits per heavy atom. The van der Waals surface area contributed by atoms with Crippen LogP contribution in [0.15, 0.2) is 18.2 Å². The standard InChI is InChI=1S/C12H14F3NO.ClH/c1-17-10-6-8(12(13,14)15)4-5-9(10)11(16)7-2-3-7;/h4-7,11H,2-3,16H2,1H3;1H/t11-;/m0./s1. The van der Waals surface area contributed by atoms with Gasteiger partial charge < -0.3 is 10.5 Å². The van der Waals surface area contributed by atoms with E-state index in [1.807, 2.05) is 0 Å². The molecule has 0 aromatic heterocycles. The van der Waals surface area contributed by atoms with Crippen LogP contribution in [-0.4, -0.2) is 7.11 Å². The normalized spacial score (nSPS) is 16.9. The van der Waals surface area contributed by atoms with Gasteiger partial charge in [0.1, 0.15) is 5.75 Å². The summed E-state index contributed by atoms with van der Waals surface area (Å²) in [6.07, 6.45) is -2.29. The first-order valence-electron chi connectivity index (χ1n) is 5.44. The first-order chi connectivity index (χ1) is 7.93. The fourth-order valence-electron chi connectivity index (χ4n) is 1.87. The van der Waals surface area contributed by atoms with Crippen molar-refractivity contribution in [2.45, 2.75) is 25.1 Å². The largest absolute Gasteiger partial charge is 0.496 e. The Bertz CT molecular complexity index is 418. The Morgan fingerprint density at radius 1 is 1.33 bits per heavy atom. The van der Waals surface area contributed by atoms with Crippen molar-refractivity contribution in [3.05, 3.63) is 29.3 Å². The fraction of sp³-hybridized carbons (Fsp3) is 0.500. The Morgan fingerprint density at radius 3 is 2.39 bits per heavy atom. The molecule has 0 bridgehead atoms. The third-order valence-corrected chi connectivity index (χ3v) is 3.05. The number of hydrogen-bond donors (Lipinski definition) is 1. The van der Waals surface area contributed by atoms with E-state index in [-0.39, 0.29) is 24.2 Å². The molecule has 0 radical (unpaired) electrons. The highest BCUT2D eigenvalue weighted by Crippen LogP contribution is 2.43. The maximum Gasteiger partial charge on any atom is 0.416 e. The molecule has 1 aromatic carbocycles. The van der Waals surface area contributed by atoms with Gasteiger partial charge in [-0.2, -0.15) is 13.2 Å². The molecule has 0 spiro atoms. The number of methoxy groups -OCH3 is 1. The Balaban J connectivity index is 0.00000162. The molecule has 0 heterocycles. The van der Waals surface area contributed by atoms with E-state index >= 15 is 0 Å². The molecule has 2 nitrogen and oxygen atoms in total. The first kappa shape index (κ1) is 15.1. The van der Waals surface area contributed by atoms with Crippen molar-refractivity contribution in [2.75, 3.05) is 7.11 Å². The van der Waals surface area contributed by atoms with E-state index < -0.39 is 11.7 Å². The average Bonchev–Trinajstić information content (AvgIpc) is 3.09. The second-order valence-electron chi connectivity index (χ2n) is 4.32. The molecule has 1 fully saturated rings. The molecule has 1 saturated carbocycles. The van der Waals surface area contributed by atoms with Crippen LogP contribution in [0.4, 0.5) is 13.2 Å². The van der Waals surface area contributed by atoms with Crippen LogP contribution in [0.25, 0.3) is 0 Å². The summed E-state index contributed by atoms with van der Waals surface area (Å²) in [6.45, 7) is 0. The summed E-state index contributed by atoms with van der Waals surface area (Å²) in [6, 6.07) is 3.26. The zero-order valence-electron chi connectivity index (χ0n) is 9.83. The molecule has 6 heteroatoms. The minimum Gasteiger partial charge on any atom is -0.496 e. The van der Waals surface area contributed by atoms with E-state index in [0.717, 1.165) is 25.0 Å². The first-order valence-corrected chi connectivity index (χ1v) is 5.44. The van der Waals surface area contributed by atoms with E-state index in [1.165, 1.54) is 13.2 Å². The summed E-state index contributed by atoms with van der Waals surface area (Å²) >= 11 is 0. The molecule has 0 aliphatic heterocycles. The molecule has 2 rings (SSSR count). The highest BCUT2D eigenvalue weighted by atomic mass is 35.5. The number of halogens is 4. The van der Waals surface area contributed by atoms with E-state index in [9.17, 15) is 13.2 Å². The Kier molecular flexibility index (Phi) is 4.50. The van der Waals surface area contributed by atoms with E-state index in [1.54, 1.807) is 0 Å². The SMILES string of the molecule is COc1cc(C(F)(F)F)ccc1[C@@H](N)C1CC1.Cl. The number of hydrogen-bond acceptors (Lipinski definition) is 2. The van der Waals surface area contributed by atoms with Crippen molar-refractivity contribution in [1.29, 1.82) is 0 Å². The van der Waals surface area contributed by atoms with Gasteiger partial charge in [0.25, 0.3) is 0 Å². The lowest BCUT2D eigenvalue weighted by Gasteiger charge is -2.17. The lowest BCUT2D eigenvalue weighted by Crippen LogP contribution is -2.14. The summed E-state index contributed by atoms with van der Waals surface area (Å²) in [5.41, 5.74) is 5.92.